The van der Waals surface area contributed by atoms with E-state index in [9.17, 15) is 14.4 Å². The fourth-order valence-corrected chi connectivity index (χ4v) is 7.49. The van der Waals surface area contributed by atoms with E-state index in [0.717, 1.165) is 109 Å². The van der Waals surface area contributed by atoms with Crippen molar-refractivity contribution >= 4 is 17.9 Å². The molecule has 1 unspecified atom stereocenters. The van der Waals surface area contributed by atoms with Crippen molar-refractivity contribution in [1.82, 2.24) is 0 Å². The Bertz CT molecular complexity index is 1150. The molecule has 364 valence electrons. The molecule has 0 N–H and O–H groups in total. The zero-order chi connectivity index (χ0) is 45.8. The van der Waals surface area contributed by atoms with E-state index < -0.39 is 6.10 Å². The number of hydrogen-bond donors (Lipinski definition) is 0. The lowest BCUT2D eigenvalue weighted by molar-refractivity contribution is -0.167. The predicted octanol–water partition coefficient (Wildman–Crippen LogP) is 17.6. The minimum Gasteiger partial charge on any atom is -0.462 e. The van der Waals surface area contributed by atoms with Crippen molar-refractivity contribution < 1.29 is 28.6 Å². The summed E-state index contributed by atoms with van der Waals surface area (Å²) in [5.41, 5.74) is 0. The minimum atomic E-state index is -0.778. The third kappa shape index (κ3) is 50.0. The highest BCUT2D eigenvalue weighted by Gasteiger charge is 2.19. The van der Waals surface area contributed by atoms with Gasteiger partial charge in [-0.15, -0.1) is 0 Å². The number of allylic oxidation sites excluding steroid dienone is 10. The van der Waals surface area contributed by atoms with Gasteiger partial charge in [0.15, 0.2) is 6.10 Å². The van der Waals surface area contributed by atoms with Crippen molar-refractivity contribution in [2.24, 2.45) is 0 Å². The van der Waals surface area contributed by atoms with Crippen LogP contribution in [0.3, 0.4) is 0 Å². The predicted molar refractivity (Wildman–Crippen MR) is 270 cm³/mol. The highest BCUT2D eigenvalue weighted by atomic mass is 16.6. The van der Waals surface area contributed by atoms with Crippen molar-refractivity contribution in [1.29, 1.82) is 0 Å². The summed E-state index contributed by atoms with van der Waals surface area (Å²) >= 11 is 0. The molecule has 0 aromatic carbocycles. The van der Waals surface area contributed by atoms with Gasteiger partial charge in [0.1, 0.15) is 13.2 Å². The zero-order valence-electron chi connectivity index (χ0n) is 41.6. The van der Waals surface area contributed by atoms with E-state index in [4.69, 9.17) is 14.2 Å². The molecule has 0 fully saturated rings. The normalized spacial score (nSPS) is 12.5. The van der Waals surface area contributed by atoms with E-state index in [2.05, 4.69) is 81.5 Å². The molecule has 0 bridgehead atoms. The summed E-state index contributed by atoms with van der Waals surface area (Å²) in [4.78, 5) is 37.7. The van der Waals surface area contributed by atoms with E-state index >= 15 is 0 Å². The third-order valence-corrected chi connectivity index (χ3v) is 11.5. The molecule has 0 aliphatic rings. The summed E-state index contributed by atoms with van der Waals surface area (Å²) in [5.74, 6) is -0.909. The van der Waals surface area contributed by atoms with Crippen LogP contribution in [0, 0.1) is 0 Å². The first-order chi connectivity index (χ1) is 31.0. The molecule has 0 aromatic heterocycles. The first-order valence-corrected chi connectivity index (χ1v) is 26.8. The average Bonchev–Trinajstić information content (AvgIpc) is 3.28. The van der Waals surface area contributed by atoms with Gasteiger partial charge in [0.05, 0.1) is 0 Å². The topological polar surface area (TPSA) is 78.9 Å². The number of esters is 3. The Balaban J connectivity index is 4.08. The lowest BCUT2D eigenvalue weighted by Gasteiger charge is -2.18. The van der Waals surface area contributed by atoms with Gasteiger partial charge in [-0.05, 0) is 83.5 Å². The van der Waals surface area contributed by atoms with Crippen molar-refractivity contribution in [3.8, 4) is 0 Å². The summed E-state index contributed by atoms with van der Waals surface area (Å²) in [5, 5.41) is 0. The van der Waals surface area contributed by atoms with Crippen molar-refractivity contribution in [2.45, 2.75) is 271 Å². The van der Waals surface area contributed by atoms with E-state index in [1.807, 2.05) is 0 Å². The van der Waals surface area contributed by atoms with Crippen LogP contribution in [0.1, 0.15) is 265 Å². The zero-order valence-corrected chi connectivity index (χ0v) is 41.6. The summed E-state index contributed by atoms with van der Waals surface area (Å²) in [7, 11) is 0. The Morgan fingerprint density at radius 3 is 0.968 bits per heavy atom. The maximum Gasteiger partial charge on any atom is 0.306 e. The van der Waals surface area contributed by atoms with Gasteiger partial charge < -0.3 is 14.2 Å². The highest BCUT2D eigenvalue weighted by molar-refractivity contribution is 5.71. The molecule has 0 rings (SSSR count). The van der Waals surface area contributed by atoms with Gasteiger partial charge in [-0.2, -0.15) is 0 Å². The molecule has 6 nitrogen and oxygen atoms in total. The van der Waals surface area contributed by atoms with E-state index in [1.54, 1.807) is 0 Å². The van der Waals surface area contributed by atoms with Gasteiger partial charge in [0.25, 0.3) is 0 Å². The summed E-state index contributed by atoms with van der Waals surface area (Å²) in [6.07, 6.45) is 64.0. The maximum atomic E-state index is 12.7. The fraction of sp³-hybridized carbons (Fsp3) is 0.772. The second-order valence-electron chi connectivity index (χ2n) is 17.8. The van der Waals surface area contributed by atoms with Gasteiger partial charge in [-0.3, -0.25) is 14.4 Å². The second-order valence-corrected chi connectivity index (χ2v) is 17.8. The smallest absolute Gasteiger partial charge is 0.306 e. The standard InChI is InChI=1S/C57H100O6/c1-4-7-10-13-15-17-19-21-23-24-25-26-27-28-29-30-31-32-34-35-37-39-41-44-47-50-56(59)62-53-54(52-61-55(58)49-46-43-12-9-6-3)63-57(60)51-48-45-42-40-38-36-33-22-20-18-16-14-11-8-5-2/h8,11,16,18-19,21-22,24-25,33,54H,4-7,9-10,12-15,17,20,23,26-32,34-53H2,1-3H3/b11-8-,18-16-,21-19-,25-24-,33-22-. The van der Waals surface area contributed by atoms with E-state index in [-0.39, 0.29) is 31.1 Å². The molecule has 0 saturated carbocycles. The van der Waals surface area contributed by atoms with Crippen LogP contribution < -0.4 is 0 Å². The van der Waals surface area contributed by atoms with Crippen LogP contribution in [-0.4, -0.2) is 37.2 Å². The summed E-state index contributed by atoms with van der Waals surface area (Å²) in [6.45, 7) is 6.43. The first-order valence-electron chi connectivity index (χ1n) is 26.8. The number of ether oxygens (including phenoxy) is 3. The van der Waals surface area contributed by atoms with Crippen LogP contribution in [-0.2, 0) is 28.6 Å². The molecule has 0 amide bonds. The van der Waals surface area contributed by atoms with E-state index in [0.29, 0.717) is 19.3 Å². The molecule has 0 aromatic rings. The number of carbonyl (C=O) groups excluding carboxylic acids is 3. The summed E-state index contributed by atoms with van der Waals surface area (Å²) < 4.78 is 16.7. The maximum absolute atomic E-state index is 12.7. The molecular weight excluding hydrogens is 781 g/mol. The van der Waals surface area contributed by atoms with Crippen LogP contribution >= 0.6 is 0 Å². The monoisotopic (exact) mass is 881 g/mol. The SMILES string of the molecule is CC/C=C\C/C=C\C/C=C\CCCCCCCC(=O)OC(COC(=O)CCCCCCC)COC(=O)CCCCCCCCCCCCCCC/C=C\C/C=C\CCCCCCC. The van der Waals surface area contributed by atoms with Gasteiger partial charge in [-0.25, -0.2) is 0 Å². The number of rotatable bonds is 48. The lowest BCUT2D eigenvalue weighted by Crippen LogP contribution is -2.30. The van der Waals surface area contributed by atoms with Gasteiger partial charge >= 0.3 is 17.9 Å². The van der Waals surface area contributed by atoms with Crippen molar-refractivity contribution in [3.63, 3.8) is 0 Å². The van der Waals surface area contributed by atoms with E-state index in [1.165, 1.54) is 116 Å². The molecule has 0 saturated heterocycles. The third-order valence-electron chi connectivity index (χ3n) is 11.5. The van der Waals surface area contributed by atoms with Gasteiger partial charge in [0, 0.05) is 19.3 Å². The van der Waals surface area contributed by atoms with Crippen molar-refractivity contribution in [2.75, 3.05) is 13.2 Å². The van der Waals surface area contributed by atoms with Crippen LogP contribution in [0.4, 0.5) is 0 Å². The Labute approximate surface area is 390 Å². The molecule has 63 heavy (non-hydrogen) atoms. The largest absolute Gasteiger partial charge is 0.462 e. The highest BCUT2D eigenvalue weighted by Crippen LogP contribution is 2.15. The number of hydrogen-bond acceptors (Lipinski definition) is 6. The number of carbonyl (C=O) groups is 3. The molecule has 0 aliphatic carbocycles. The molecule has 0 aliphatic heterocycles. The Kier molecular flexibility index (Phi) is 49.4. The molecule has 6 heteroatoms. The lowest BCUT2D eigenvalue weighted by atomic mass is 10.0. The van der Waals surface area contributed by atoms with Crippen LogP contribution in [0.2, 0.25) is 0 Å². The Morgan fingerprint density at radius 1 is 0.333 bits per heavy atom. The quantitative estimate of drug-likeness (QED) is 0.0262. The van der Waals surface area contributed by atoms with Crippen molar-refractivity contribution in [3.05, 3.63) is 60.8 Å². The molecule has 0 spiro atoms. The van der Waals surface area contributed by atoms with Crippen LogP contribution in [0.15, 0.2) is 60.8 Å². The van der Waals surface area contributed by atoms with Gasteiger partial charge in [0.2, 0.25) is 0 Å². The minimum absolute atomic E-state index is 0.0810. The Hall–Kier alpha value is -2.89. The average molecular weight is 881 g/mol. The first kappa shape index (κ1) is 60.1. The second kappa shape index (κ2) is 51.7. The van der Waals surface area contributed by atoms with Crippen LogP contribution in [0.5, 0.6) is 0 Å². The fourth-order valence-electron chi connectivity index (χ4n) is 7.49. The van der Waals surface area contributed by atoms with Crippen LogP contribution in [0.25, 0.3) is 0 Å². The molecule has 0 heterocycles. The Morgan fingerprint density at radius 2 is 0.619 bits per heavy atom. The summed E-state index contributed by atoms with van der Waals surface area (Å²) in [6, 6.07) is 0. The number of unbranched alkanes of at least 4 members (excludes halogenated alkanes) is 27. The van der Waals surface area contributed by atoms with Gasteiger partial charge in [-0.1, -0.05) is 223 Å². The molecule has 0 radical (unpaired) electrons. The molecular formula is C57H100O6. The molecule has 1 atom stereocenters.